The fraction of sp³-hybridized carbons (Fsp3) is 0.522. The number of benzene rings is 1. The molecule has 2 aromatic heterocycles. The molecule has 31 heavy (non-hydrogen) atoms. The Morgan fingerprint density at radius 1 is 1.26 bits per heavy atom. The van der Waals surface area contributed by atoms with E-state index in [4.69, 9.17) is 9.97 Å². The van der Waals surface area contributed by atoms with Gasteiger partial charge in [-0.2, -0.15) is 4.98 Å². The second-order valence-electron chi connectivity index (χ2n) is 9.00. The van der Waals surface area contributed by atoms with Crippen molar-refractivity contribution in [1.82, 2.24) is 15.0 Å². The number of rotatable bonds is 7. The summed E-state index contributed by atoms with van der Waals surface area (Å²) in [6.45, 7) is 6.47. The summed E-state index contributed by atoms with van der Waals surface area (Å²) in [5, 5.41) is 18.0. The molecule has 0 saturated heterocycles. The van der Waals surface area contributed by atoms with E-state index in [0.29, 0.717) is 30.7 Å². The van der Waals surface area contributed by atoms with Crippen molar-refractivity contribution in [2.45, 2.75) is 45.8 Å². The maximum atomic E-state index is 12.5. The number of aliphatic hydroxyl groups excluding tert-OH is 1. The Bertz CT molecular complexity index is 1090. The van der Waals surface area contributed by atoms with Crippen molar-refractivity contribution in [2.24, 2.45) is 17.3 Å². The zero-order chi connectivity index (χ0) is 21.8. The summed E-state index contributed by atoms with van der Waals surface area (Å²) in [6, 6.07) is 8.31. The van der Waals surface area contributed by atoms with Gasteiger partial charge in [-0.25, -0.2) is 9.97 Å². The van der Waals surface area contributed by atoms with Crippen LogP contribution in [-0.2, 0) is 0 Å². The Morgan fingerprint density at radius 2 is 2.06 bits per heavy atom. The minimum Gasteiger partial charge on any atom is -0.392 e. The first-order valence-electron chi connectivity index (χ1n) is 10.9. The highest BCUT2D eigenvalue weighted by molar-refractivity contribution is 7.21. The van der Waals surface area contributed by atoms with E-state index in [9.17, 15) is 9.50 Å². The Morgan fingerprint density at radius 3 is 2.77 bits per heavy atom. The number of aromatic nitrogens is 3. The number of aryl methyl sites for hydroxylation is 1. The van der Waals surface area contributed by atoms with Crippen LogP contribution in [-0.4, -0.2) is 45.4 Å². The highest BCUT2D eigenvalue weighted by atomic mass is 32.1. The monoisotopic (exact) mass is 441 g/mol. The van der Waals surface area contributed by atoms with Gasteiger partial charge in [0.1, 0.15) is 10.8 Å². The molecule has 2 aliphatic carbocycles. The maximum absolute atomic E-state index is 12.5. The van der Waals surface area contributed by atoms with Gasteiger partial charge in [0.25, 0.3) is 0 Å². The fourth-order valence-corrected chi connectivity index (χ4v) is 6.18. The maximum Gasteiger partial charge on any atom is 0.224 e. The van der Waals surface area contributed by atoms with Crippen LogP contribution < -0.4 is 10.6 Å². The molecule has 5 unspecified atom stereocenters. The number of anilines is 2. The predicted molar refractivity (Wildman–Crippen MR) is 123 cm³/mol. The molecule has 3 N–H and O–H groups in total. The lowest BCUT2D eigenvalue weighted by Crippen LogP contribution is -2.31. The van der Waals surface area contributed by atoms with Crippen molar-refractivity contribution < 1.29 is 9.50 Å². The van der Waals surface area contributed by atoms with Crippen molar-refractivity contribution in [3.8, 4) is 10.6 Å². The van der Waals surface area contributed by atoms with Crippen molar-refractivity contribution in [1.29, 1.82) is 0 Å². The van der Waals surface area contributed by atoms with E-state index in [0.717, 1.165) is 38.7 Å². The SMILES string of the molecule is Cc1nc(NCCCF)nc(NC2CC3C(O)C3(C)C2C)c1-c1nc2ccccc2s1. The topological polar surface area (TPSA) is 83.0 Å². The number of thiazole rings is 1. The smallest absolute Gasteiger partial charge is 0.224 e. The standard InChI is InChI=1S/C23H28FN5OS/c1-12-16(11-14-19(30)23(12,14)3)27-20-18(13(2)26-22(29-20)25-10-6-9-24)21-28-15-7-4-5-8-17(15)31-21/h4-5,7-8,12,14,16,19,30H,6,9-11H2,1-3H3,(H2,25,26,27,29). The number of hydrogen-bond acceptors (Lipinski definition) is 7. The largest absolute Gasteiger partial charge is 0.392 e. The molecule has 8 heteroatoms. The minimum atomic E-state index is -0.372. The van der Waals surface area contributed by atoms with E-state index >= 15 is 0 Å². The van der Waals surface area contributed by atoms with Crippen LogP contribution in [0.4, 0.5) is 16.2 Å². The summed E-state index contributed by atoms with van der Waals surface area (Å²) in [4.78, 5) is 14.3. The van der Waals surface area contributed by atoms with Crippen LogP contribution in [0.25, 0.3) is 20.8 Å². The molecule has 2 fully saturated rings. The molecular formula is C23H28FN5OS. The van der Waals surface area contributed by atoms with Gasteiger partial charge < -0.3 is 15.7 Å². The summed E-state index contributed by atoms with van der Waals surface area (Å²) in [5.41, 5.74) is 2.69. The Hall–Kier alpha value is -2.32. The molecular weight excluding hydrogens is 413 g/mol. The second kappa shape index (κ2) is 7.67. The number of nitrogens with zero attached hydrogens (tertiary/aromatic N) is 3. The zero-order valence-corrected chi connectivity index (χ0v) is 18.8. The number of alkyl halides is 1. The third-order valence-electron chi connectivity index (χ3n) is 7.31. The molecule has 1 aromatic carbocycles. The lowest BCUT2D eigenvalue weighted by molar-refractivity contribution is 0.175. The average molecular weight is 442 g/mol. The normalized spacial score (nSPS) is 29.2. The van der Waals surface area contributed by atoms with Crippen LogP contribution in [0, 0.1) is 24.2 Å². The summed E-state index contributed by atoms with van der Waals surface area (Å²) in [7, 11) is 0. The van der Waals surface area contributed by atoms with Gasteiger partial charge in [0.05, 0.1) is 34.3 Å². The molecule has 5 atom stereocenters. The van der Waals surface area contributed by atoms with E-state index < -0.39 is 0 Å². The van der Waals surface area contributed by atoms with Crippen molar-refractivity contribution in [2.75, 3.05) is 23.9 Å². The highest BCUT2D eigenvalue weighted by Crippen LogP contribution is 2.66. The Kier molecular flexibility index (Phi) is 5.09. The first-order chi connectivity index (χ1) is 14.9. The van der Waals surface area contributed by atoms with Crippen LogP contribution in [0.5, 0.6) is 0 Å². The molecule has 0 amide bonds. The van der Waals surface area contributed by atoms with E-state index in [1.54, 1.807) is 11.3 Å². The molecule has 0 bridgehead atoms. The van der Waals surface area contributed by atoms with E-state index in [1.807, 2.05) is 25.1 Å². The van der Waals surface area contributed by atoms with Crippen LogP contribution >= 0.6 is 11.3 Å². The van der Waals surface area contributed by atoms with E-state index in [-0.39, 0.29) is 24.2 Å². The minimum absolute atomic E-state index is 0.0159. The summed E-state index contributed by atoms with van der Waals surface area (Å²) in [6.07, 6.45) is 1.14. The lowest BCUT2D eigenvalue weighted by atomic mass is 9.90. The molecule has 0 radical (unpaired) electrons. The van der Waals surface area contributed by atoms with Crippen molar-refractivity contribution >= 4 is 33.3 Å². The lowest BCUT2D eigenvalue weighted by Gasteiger charge is -2.26. The average Bonchev–Trinajstić information content (AvgIpc) is 3.05. The van der Waals surface area contributed by atoms with Crippen LogP contribution in [0.3, 0.4) is 0 Å². The number of fused-ring (bicyclic) bond motifs is 2. The van der Waals surface area contributed by atoms with Crippen LogP contribution in [0.15, 0.2) is 24.3 Å². The summed E-state index contributed by atoms with van der Waals surface area (Å²) in [5.74, 6) is 1.93. The van der Waals surface area contributed by atoms with Gasteiger partial charge in [0, 0.05) is 18.0 Å². The molecule has 2 aliphatic rings. The molecule has 2 saturated carbocycles. The molecule has 6 nitrogen and oxygen atoms in total. The predicted octanol–water partition coefficient (Wildman–Crippen LogP) is 4.65. The van der Waals surface area contributed by atoms with Gasteiger partial charge >= 0.3 is 0 Å². The van der Waals surface area contributed by atoms with E-state index in [1.165, 1.54) is 0 Å². The summed E-state index contributed by atoms with van der Waals surface area (Å²) >= 11 is 1.63. The molecule has 5 rings (SSSR count). The van der Waals surface area contributed by atoms with E-state index in [2.05, 4.69) is 35.5 Å². The van der Waals surface area contributed by atoms with Gasteiger partial charge in [-0.1, -0.05) is 26.0 Å². The second-order valence-corrected chi connectivity index (χ2v) is 10.0. The van der Waals surface area contributed by atoms with Gasteiger partial charge in [-0.15, -0.1) is 11.3 Å². The molecule has 2 heterocycles. The highest BCUT2D eigenvalue weighted by Gasteiger charge is 2.69. The van der Waals surface area contributed by atoms with Gasteiger partial charge in [0.2, 0.25) is 5.95 Å². The van der Waals surface area contributed by atoms with Gasteiger partial charge in [0.15, 0.2) is 0 Å². The molecule has 0 aliphatic heterocycles. The first kappa shape index (κ1) is 20.6. The van der Waals surface area contributed by atoms with Crippen LogP contribution in [0.2, 0.25) is 0 Å². The van der Waals surface area contributed by atoms with Gasteiger partial charge in [-0.05, 0) is 43.7 Å². The third kappa shape index (κ3) is 3.36. The van der Waals surface area contributed by atoms with Crippen molar-refractivity contribution in [3.63, 3.8) is 0 Å². The third-order valence-corrected chi connectivity index (χ3v) is 8.37. The Labute approximate surface area is 185 Å². The number of hydrogen-bond donors (Lipinski definition) is 3. The quantitative estimate of drug-likeness (QED) is 0.463. The number of nitrogens with one attached hydrogen (secondary N) is 2. The number of para-hydroxylation sites is 1. The van der Waals surface area contributed by atoms with Crippen molar-refractivity contribution in [3.05, 3.63) is 30.0 Å². The fourth-order valence-electron chi connectivity index (χ4n) is 5.12. The number of aliphatic hydroxyl groups is 1. The van der Waals surface area contributed by atoms with Gasteiger partial charge in [-0.3, -0.25) is 4.39 Å². The molecule has 3 aromatic rings. The summed E-state index contributed by atoms with van der Waals surface area (Å²) < 4.78 is 13.7. The van der Waals surface area contributed by atoms with Crippen LogP contribution in [0.1, 0.15) is 32.4 Å². The molecule has 164 valence electrons. The molecule has 0 spiro atoms. The first-order valence-corrected chi connectivity index (χ1v) is 11.7. The Balaban J connectivity index is 1.52. The number of halogens is 1. The zero-order valence-electron chi connectivity index (χ0n) is 18.0.